The van der Waals surface area contributed by atoms with E-state index in [1.807, 2.05) is 6.07 Å². The standard InChI is InChI=1S/C12H14N2O3/c15-11-4-9-6-13-5-8(9)3-10(11)14-1-2-17-7-12(14)16/h3-4,13,15H,1-2,5-7H2. The highest BCUT2D eigenvalue weighted by molar-refractivity contribution is 5.96. The molecule has 0 unspecified atom stereocenters. The number of morpholine rings is 1. The van der Waals surface area contributed by atoms with Crippen LogP contribution in [0.25, 0.3) is 0 Å². The first-order valence-corrected chi connectivity index (χ1v) is 5.69. The highest BCUT2D eigenvalue weighted by atomic mass is 16.5. The number of amides is 1. The number of carbonyl (C=O) groups excluding carboxylic acids is 1. The lowest BCUT2D eigenvalue weighted by molar-refractivity contribution is -0.125. The summed E-state index contributed by atoms with van der Waals surface area (Å²) in [5, 5.41) is 13.2. The molecule has 3 rings (SSSR count). The molecule has 0 atom stereocenters. The number of hydrogen-bond donors (Lipinski definition) is 2. The van der Waals surface area contributed by atoms with Gasteiger partial charge >= 0.3 is 0 Å². The van der Waals surface area contributed by atoms with Gasteiger partial charge in [-0.2, -0.15) is 0 Å². The smallest absolute Gasteiger partial charge is 0.253 e. The second-order valence-electron chi connectivity index (χ2n) is 4.31. The van der Waals surface area contributed by atoms with Crippen molar-refractivity contribution in [3.8, 4) is 5.75 Å². The van der Waals surface area contributed by atoms with Gasteiger partial charge in [-0.1, -0.05) is 0 Å². The molecule has 0 spiro atoms. The molecule has 2 aliphatic heterocycles. The van der Waals surface area contributed by atoms with Crippen LogP contribution in [0.2, 0.25) is 0 Å². The molecule has 5 heteroatoms. The number of fused-ring (bicyclic) bond motifs is 1. The van der Waals surface area contributed by atoms with Crippen LogP contribution in [-0.2, 0) is 22.6 Å². The molecule has 0 aromatic heterocycles. The van der Waals surface area contributed by atoms with Crippen LogP contribution >= 0.6 is 0 Å². The minimum Gasteiger partial charge on any atom is -0.506 e. The molecule has 0 bridgehead atoms. The predicted molar refractivity (Wildman–Crippen MR) is 61.8 cm³/mol. The van der Waals surface area contributed by atoms with Gasteiger partial charge in [0.1, 0.15) is 12.4 Å². The first-order chi connectivity index (χ1) is 8.25. The number of phenols is 1. The summed E-state index contributed by atoms with van der Waals surface area (Å²) in [5.41, 5.74) is 2.85. The van der Waals surface area contributed by atoms with E-state index in [9.17, 15) is 9.90 Å². The average Bonchev–Trinajstić information content (AvgIpc) is 2.76. The van der Waals surface area contributed by atoms with Gasteiger partial charge in [-0.25, -0.2) is 0 Å². The maximum absolute atomic E-state index is 11.7. The first kappa shape index (κ1) is 10.6. The minimum absolute atomic E-state index is 0.0920. The number of carbonyl (C=O) groups is 1. The summed E-state index contributed by atoms with van der Waals surface area (Å²) in [7, 11) is 0. The molecule has 5 nitrogen and oxygen atoms in total. The molecule has 1 fully saturated rings. The topological polar surface area (TPSA) is 61.8 Å². The Hall–Kier alpha value is -1.59. The van der Waals surface area contributed by atoms with Crippen molar-refractivity contribution in [2.45, 2.75) is 13.1 Å². The lowest BCUT2D eigenvalue weighted by atomic mass is 10.1. The Balaban J connectivity index is 1.99. The maximum atomic E-state index is 11.7. The van der Waals surface area contributed by atoms with Crippen LogP contribution in [0, 0.1) is 0 Å². The van der Waals surface area contributed by atoms with E-state index < -0.39 is 0 Å². The third-order valence-electron chi connectivity index (χ3n) is 3.20. The maximum Gasteiger partial charge on any atom is 0.253 e. The quantitative estimate of drug-likeness (QED) is 0.736. The number of ether oxygens (including phenoxy) is 1. The summed E-state index contributed by atoms with van der Waals surface area (Å²) in [4.78, 5) is 13.3. The van der Waals surface area contributed by atoms with Gasteiger partial charge in [-0.05, 0) is 23.3 Å². The van der Waals surface area contributed by atoms with Crippen LogP contribution in [0.1, 0.15) is 11.1 Å². The summed E-state index contributed by atoms with van der Waals surface area (Å²) in [5.74, 6) is 0.0696. The van der Waals surface area contributed by atoms with Crippen LogP contribution in [0.15, 0.2) is 12.1 Å². The Bertz CT molecular complexity index is 473. The molecule has 0 aliphatic carbocycles. The third-order valence-corrected chi connectivity index (χ3v) is 3.20. The van der Waals surface area contributed by atoms with E-state index in [0.717, 1.165) is 24.2 Å². The van der Waals surface area contributed by atoms with E-state index in [-0.39, 0.29) is 18.3 Å². The van der Waals surface area contributed by atoms with Crippen LogP contribution in [-0.4, -0.2) is 30.8 Å². The molecule has 1 aromatic carbocycles. The molecule has 1 amide bonds. The number of benzene rings is 1. The largest absolute Gasteiger partial charge is 0.506 e. The summed E-state index contributed by atoms with van der Waals surface area (Å²) >= 11 is 0. The summed E-state index contributed by atoms with van der Waals surface area (Å²) < 4.78 is 5.08. The van der Waals surface area contributed by atoms with E-state index in [2.05, 4.69) is 5.32 Å². The van der Waals surface area contributed by atoms with Crippen molar-refractivity contribution in [2.75, 3.05) is 24.7 Å². The average molecular weight is 234 g/mol. The zero-order valence-corrected chi connectivity index (χ0v) is 9.40. The number of nitrogens with one attached hydrogen (secondary N) is 1. The number of phenolic OH excluding ortho intramolecular Hbond substituents is 1. The summed E-state index contributed by atoms with van der Waals surface area (Å²) in [6.45, 7) is 2.68. The van der Waals surface area contributed by atoms with Crippen molar-refractivity contribution >= 4 is 11.6 Å². The molecular weight excluding hydrogens is 220 g/mol. The third kappa shape index (κ3) is 1.77. The Morgan fingerprint density at radius 3 is 2.82 bits per heavy atom. The molecule has 2 heterocycles. The SMILES string of the molecule is O=C1COCCN1c1cc2c(cc1O)CNC2. The normalized spacial score (nSPS) is 19.5. The fourth-order valence-corrected chi connectivity index (χ4v) is 2.31. The molecule has 1 aromatic rings. The molecule has 90 valence electrons. The van der Waals surface area contributed by atoms with Gasteiger partial charge in [0, 0.05) is 19.6 Å². The molecule has 0 radical (unpaired) electrons. The van der Waals surface area contributed by atoms with Crippen LogP contribution in [0.5, 0.6) is 5.75 Å². The van der Waals surface area contributed by atoms with Crippen LogP contribution in [0.4, 0.5) is 5.69 Å². The minimum atomic E-state index is -0.0996. The highest BCUT2D eigenvalue weighted by Crippen LogP contribution is 2.33. The number of hydrogen-bond acceptors (Lipinski definition) is 4. The van der Waals surface area contributed by atoms with Crippen molar-refractivity contribution < 1.29 is 14.6 Å². The molecule has 0 saturated carbocycles. The number of nitrogens with zero attached hydrogens (tertiary/aromatic N) is 1. The fraction of sp³-hybridized carbons (Fsp3) is 0.417. The van der Waals surface area contributed by atoms with Gasteiger partial charge in [0.15, 0.2) is 0 Å². The van der Waals surface area contributed by atoms with Crippen LogP contribution < -0.4 is 10.2 Å². The van der Waals surface area contributed by atoms with Crippen molar-refractivity contribution in [2.24, 2.45) is 0 Å². The lowest BCUT2D eigenvalue weighted by Gasteiger charge is -2.27. The van der Waals surface area contributed by atoms with Gasteiger partial charge in [-0.3, -0.25) is 4.79 Å². The zero-order valence-electron chi connectivity index (χ0n) is 9.40. The van der Waals surface area contributed by atoms with Gasteiger partial charge in [0.05, 0.1) is 12.3 Å². The van der Waals surface area contributed by atoms with Gasteiger partial charge in [0.25, 0.3) is 5.91 Å². The van der Waals surface area contributed by atoms with Gasteiger partial charge in [-0.15, -0.1) is 0 Å². The number of aromatic hydroxyl groups is 1. The Kier molecular flexibility index (Phi) is 2.49. The Labute approximate surface area is 99.0 Å². The predicted octanol–water partition coefficient (Wildman–Crippen LogP) is 0.359. The number of rotatable bonds is 1. The molecule has 1 saturated heterocycles. The van der Waals surface area contributed by atoms with Crippen molar-refractivity contribution in [1.29, 1.82) is 0 Å². The Morgan fingerprint density at radius 2 is 2.06 bits per heavy atom. The van der Waals surface area contributed by atoms with Crippen LogP contribution in [0.3, 0.4) is 0 Å². The second-order valence-corrected chi connectivity index (χ2v) is 4.31. The first-order valence-electron chi connectivity index (χ1n) is 5.69. The number of anilines is 1. The second kappa shape index (κ2) is 4.01. The van der Waals surface area contributed by atoms with E-state index in [4.69, 9.17) is 4.74 Å². The molecule has 2 N–H and O–H groups in total. The van der Waals surface area contributed by atoms with E-state index >= 15 is 0 Å². The van der Waals surface area contributed by atoms with Crippen molar-refractivity contribution in [3.63, 3.8) is 0 Å². The van der Waals surface area contributed by atoms with Gasteiger partial charge in [0.2, 0.25) is 0 Å². The van der Waals surface area contributed by atoms with E-state index in [0.29, 0.717) is 18.8 Å². The summed E-state index contributed by atoms with van der Waals surface area (Å²) in [6.07, 6.45) is 0. The Morgan fingerprint density at radius 1 is 1.29 bits per heavy atom. The fourth-order valence-electron chi connectivity index (χ4n) is 2.31. The van der Waals surface area contributed by atoms with Crippen molar-refractivity contribution in [3.05, 3.63) is 23.3 Å². The monoisotopic (exact) mass is 234 g/mol. The van der Waals surface area contributed by atoms with E-state index in [1.165, 1.54) is 0 Å². The van der Waals surface area contributed by atoms with Crippen molar-refractivity contribution in [1.82, 2.24) is 5.32 Å². The highest BCUT2D eigenvalue weighted by Gasteiger charge is 2.24. The lowest BCUT2D eigenvalue weighted by Crippen LogP contribution is -2.41. The van der Waals surface area contributed by atoms with E-state index in [1.54, 1.807) is 11.0 Å². The molecule has 17 heavy (non-hydrogen) atoms. The molecular formula is C12H14N2O3. The molecule has 2 aliphatic rings. The van der Waals surface area contributed by atoms with Gasteiger partial charge < -0.3 is 20.1 Å². The zero-order chi connectivity index (χ0) is 11.8. The summed E-state index contributed by atoms with van der Waals surface area (Å²) in [6, 6.07) is 3.64.